The van der Waals surface area contributed by atoms with E-state index >= 15 is 0 Å². The Morgan fingerprint density at radius 2 is 1.85 bits per heavy atom. The second kappa shape index (κ2) is 9.15. The van der Waals surface area contributed by atoms with Crippen molar-refractivity contribution in [3.8, 4) is 17.2 Å². The molecule has 4 aromatic rings. The number of anilines is 1. The maximum absolute atomic E-state index is 14.1. The largest absolute Gasteiger partial charge is 0.497 e. The van der Waals surface area contributed by atoms with Gasteiger partial charge < -0.3 is 24.3 Å². The molecule has 6 nitrogen and oxygen atoms in total. The van der Waals surface area contributed by atoms with Crippen LogP contribution in [0.25, 0.3) is 5.69 Å². The zero-order valence-corrected chi connectivity index (χ0v) is 19.5. The van der Waals surface area contributed by atoms with Gasteiger partial charge in [0.2, 0.25) is 0 Å². The monoisotopic (exact) mass is 474 g/mol. The molecule has 8 heteroatoms. The molecule has 0 amide bonds. The Balaban J connectivity index is 1.71. The van der Waals surface area contributed by atoms with Crippen LogP contribution >= 0.6 is 12.2 Å². The van der Waals surface area contributed by atoms with Crippen LogP contribution in [0.4, 0.5) is 10.1 Å². The number of thiocarbonyl (C=S) groups is 1. The lowest BCUT2D eigenvalue weighted by atomic mass is 10.0. The van der Waals surface area contributed by atoms with Crippen LogP contribution < -0.4 is 19.7 Å². The van der Waals surface area contributed by atoms with E-state index in [9.17, 15) is 4.39 Å². The third-order valence-corrected chi connectivity index (χ3v) is 6.23. The van der Waals surface area contributed by atoms with Gasteiger partial charge in [-0.25, -0.2) is 4.39 Å². The highest BCUT2D eigenvalue weighted by molar-refractivity contribution is 7.80. The summed E-state index contributed by atoms with van der Waals surface area (Å²) in [4.78, 5) is 6.62. The first-order valence-electron chi connectivity index (χ1n) is 10.8. The second-order valence-electron chi connectivity index (χ2n) is 7.82. The fraction of sp³-hybridized carbons (Fsp3) is 0.154. The molecule has 0 aliphatic carbocycles. The van der Waals surface area contributed by atoms with Crippen LogP contribution in [-0.2, 0) is 0 Å². The highest BCUT2D eigenvalue weighted by atomic mass is 32.1. The maximum atomic E-state index is 14.1. The van der Waals surface area contributed by atoms with E-state index < -0.39 is 0 Å². The van der Waals surface area contributed by atoms with Gasteiger partial charge in [0.1, 0.15) is 23.4 Å². The molecule has 1 aliphatic rings. The lowest BCUT2D eigenvalue weighted by Crippen LogP contribution is -2.30. The Labute approximate surface area is 202 Å². The zero-order valence-electron chi connectivity index (χ0n) is 18.7. The summed E-state index contributed by atoms with van der Waals surface area (Å²) in [6, 6.07) is 21.3. The van der Waals surface area contributed by atoms with Crippen LogP contribution in [0.3, 0.4) is 0 Å². The third kappa shape index (κ3) is 3.86. The normalized spacial score (nSPS) is 17.5. The van der Waals surface area contributed by atoms with Gasteiger partial charge in [0.15, 0.2) is 5.11 Å². The molecule has 1 saturated heterocycles. The maximum Gasteiger partial charge on any atom is 0.174 e. The van der Waals surface area contributed by atoms with E-state index in [1.807, 2.05) is 70.3 Å². The van der Waals surface area contributed by atoms with Gasteiger partial charge in [-0.2, -0.15) is 0 Å². The van der Waals surface area contributed by atoms with E-state index in [1.165, 1.54) is 12.1 Å². The quantitative estimate of drug-likeness (QED) is 0.388. The number of ether oxygens (including phenoxy) is 2. The molecule has 3 heterocycles. The molecule has 172 valence electrons. The van der Waals surface area contributed by atoms with Crippen molar-refractivity contribution in [3.05, 3.63) is 102 Å². The number of methoxy groups -OCH3 is 2. The number of rotatable bonds is 6. The summed E-state index contributed by atoms with van der Waals surface area (Å²) in [5, 5.41) is 3.97. The number of pyridine rings is 1. The Morgan fingerprint density at radius 3 is 2.59 bits per heavy atom. The summed E-state index contributed by atoms with van der Waals surface area (Å²) >= 11 is 5.84. The minimum Gasteiger partial charge on any atom is -0.497 e. The number of hydrogen-bond acceptors (Lipinski definition) is 4. The van der Waals surface area contributed by atoms with E-state index in [0.29, 0.717) is 16.6 Å². The van der Waals surface area contributed by atoms with E-state index in [4.69, 9.17) is 21.7 Å². The summed E-state index contributed by atoms with van der Waals surface area (Å²) in [7, 11) is 3.24. The minimum absolute atomic E-state index is 0.258. The number of hydrogen-bond donors (Lipinski definition) is 1. The average Bonchev–Trinajstić information content (AvgIpc) is 3.48. The Kier molecular flexibility index (Phi) is 5.90. The molecule has 2 aromatic carbocycles. The van der Waals surface area contributed by atoms with Crippen LogP contribution in [-0.4, -0.2) is 28.9 Å². The summed E-state index contributed by atoms with van der Waals surface area (Å²) in [6.07, 6.45) is 3.68. The van der Waals surface area contributed by atoms with Gasteiger partial charge in [-0.3, -0.25) is 4.98 Å². The fourth-order valence-electron chi connectivity index (χ4n) is 4.40. The van der Waals surface area contributed by atoms with Crippen LogP contribution in [0.5, 0.6) is 11.5 Å². The molecule has 0 radical (unpaired) electrons. The van der Waals surface area contributed by atoms with Crippen molar-refractivity contribution in [1.82, 2.24) is 14.9 Å². The third-order valence-electron chi connectivity index (χ3n) is 5.91. The first-order chi connectivity index (χ1) is 16.6. The highest BCUT2D eigenvalue weighted by Crippen LogP contribution is 2.46. The van der Waals surface area contributed by atoms with Gasteiger partial charge in [0.05, 0.1) is 31.6 Å². The molecule has 2 atom stereocenters. The molecule has 1 fully saturated rings. The fourth-order valence-corrected chi connectivity index (χ4v) is 4.73. The minimum atomic E-state index is -0.304. The van der Waals surface area contributed by atoms with Crippen molar-refractivity contribution in [2.75, 3.05) is 19.1 Å². The van der Waals surface area contributed by atoms with Crippen molar-refractivity contribution in [2.45, 2.75) is 12.1 Å². The number of nitrogens with one attached hydrogen (secondary N) is 1. The molecule has 1 N–H and O–H groups in total. The van der Waals surface area contributed by atoms with Gasteiger partial charge in [-0.15, -0.1) is 0 Å². The van der Waals surface area contributed by atoms with Crippen LogP contribution in [0, 0.1) is 5.82 Å². The molecule has 1 aliphatic heterocycles. The molecule has 5 rings (SSSR count). The highest BCUT2D eigenvalue weighted by Gasteiger charge is 2.43. The summed E-state index contributed by atoms with van der Waals surface area (Å²) in [6.45, 7) is 0. The Bertz CT molecular complexity index is 1330. The summed E-state index contributed by atoms with van der Waals surface area (Å²) in [5.74, 6) is 1.03. The first-order valence-corrected chi connectivity index (χ1v) is 11.2. The molecule has 0 spiro atoms. The molecule has 0 saturated carbocycles. The van der Waals surface area contributed by atoms with E-state index in [2.05, 4.69) is 10.3 Å². The van der Waals surface area contributed by atoms with Crippen molar-refractivity contribution in [2.24, 2.45) is 0 Å². The summed E-state index contributed by atoms with van der Waals surface area (Å²) < 4.78 is 27.2. The Hall–Kier alpha value is -3.91. The van der Waals surface area contributed by atoms with E-state index in [-0.39, 0.29) is 17.9 Å². The number of halogens is 1. The SMILES string of the molecule is COc1ccc(OC)c(N2C(=S)NC(c3ccccn3)C2c2cccn2-c2cccc(F)c2)c1. The predicted octanol–water partition coefficient (Wildman–Crippen LogP) is 5.21. The number of aromatic nitrogens is 2. The average molecular weight is 475 g/mol. The van der Waals surface area contributed by atoms with Gasteiger partial charge in [0.25, 0.3) is 0 Å². The van der Waals surface area contributed by atoms with Crippen molar-refractivity contribution in [3.63, 3.8) is 0 Å². The molecule has 0 bridgehead atoms. The van der Waals surface area contributed by atoms with Gasteiger partial charge in [-0.05, 0) is 66.8 Å². The molecular weight excluding hydrogens is 451 g/mol. The van der Waals surface area contributed by atoms with Gasteiger partial charge in [-0.1, -0.05) is 12.1 Å². The molecule has 34 heavy (non-hydrogen) atoms. The number of benzene rings is 2. The van der Waals surface area contributed by atoms with Crippen molar-refractivity contribution in [1.29, 1.82) is 0 Å². The topological polar surface area (TPSA) is 51.6 Å². The van der Waals surface area contributed by atoms with Crippen molar-refractivity contribution >= 4 is 23.0 Å². The molecular formula is C26H23FN4O2S. The summed E-state index contributed by atoms with van der Waals surface area (Å²) in [5.41, 5.74) is 3.23. The van der Waals surface area contributed by atoms with E-state index in [0.717, 1.165) is 22.8 Å². The smallest absolute Gasteiger partial charge is 0.174 e. The predicted molar refractivity (Wildman–Crippen MR) is 133 cm³/mol. The second-order valence-corrected chi connectivity index (χ2v) is 8.20. The van der Waals surface area contributed by atoms with Gasteiger partial charge in [0, 0.05) is 29.8 Å². The standard InChI is InChI=1S/C26H23FN4O2S/c1-32-19-11-12-23(33-2)22(16-19)31-25(24(29-26(31)34)20-9-3-4-13-28-20)21-10-6-14-30(21)18-8-5-7-17(27)15-18/h3-16,24-25H,1-2H3,(H,29,34). The van der Waals surface area contributed by atoms with Crippen molar-refractivity contribution < 1.29 is 13.9 Å². The lowest BCUT2D eigenvalue weighted by molar-refractivity contribution is 0.402. The lowest BCUT2D eigenvalue weighted by Gasteiger charge is -2.30. The first kappa shape index (κ1) is 21.9. The van der Waals surface area contributed by atoms with Crippen LogP contribution in [0.15, 0.2) is 85.2 Å². The van der Waals surface area contributed by atoms with E-state index in [1.54, 1.807) is 26.5 Å². The number of nitrogens with zero attached hydrogens (tertiary/aromatic N) is 3. The Morgan fingerprint density at radius 1 is 0.971 bits per heavy atom. The van der Waals surface area contributed by atoms with Gasteiger partial charge >= 0.3 is 0 Å². The van der Waals surface area contributed by atoms with Crippen LogP contribution in [0.1, 0.15) is 23.5 Å². The van der Waals surface area contributed by atoms with Crippen LogP contribution in [0.2, 0.25) is 0 Å². The molecule has 2 aromatic heterocycles. The zero-order chi connectivity index (χ0) is 23.7. The molecule has 2 unspecified atom stereocenters.